The molecule has 0 aromatic heterocycles. The molecule has 1 saturated heterocycles. The fourth-order valence-electron chi connectivity index (χ4n) is 3.27. The van der Waals surface area contributed by atoms with E-state index in [-0.39, 0.29) is 5.91 Å². The maximum Gasteiger partial charge on any atom is 0.220 e. The molecule has 2 rings (SSSR count). The lowest BCUT2D eigenvalue weighted by Crippen LogP contribution is -2.39. The maximum atomic E-state index is 11.9. The van der Waals surface area contributed by atoms with Gasteiger partial charge < -0.3 is 10.6 Å². The van der Waals surface area contributed by atoms with Crippen LogP contribution in [0, 0.1) is 17.8 Å². The van der Waals surface area contributed by atoms with Gasteiger partial charge in [-0.05, 0) is 62.9 Å². The van der Waals surface area contributed by atoms with Gasteiger partial charge in [0.2, 0.25) is 5.91 Å². The summed E-state index contributed by atoms with van der Waals surface area (Å²) >= 11 is 0. The SMILES string of the molecule is CC1CCC(NC(=O)CCC2CCNC2)CC1C. The van der Waals surface area contributed by atoms with Crippen LogP contribution in [0.3, 0.4) is 0 Å². The molecule has 0 bridgehead atoms. The highest BCUT2D eigenvalue weighted by molar-refractivity contribution is 5.76. The number of hydrogen-bond donors (Lipinski definition) is 2. The number of rotatable bonds is 4. The van der Waals surface area contributed by atoms with Crippen molar-refractivity contribution < 1.29 is 4.79 Å². The Labute approximate surface area is 111 Å². The van der Waals surface area contributed by atoms with Crippen LogP contribution in [0.4, 0.5) is 0 Å². The summed E-state index contributed by atoms with van der Waals surface area (Å²) in [4.78, 5) is 11.9. The molecule has 0 radical (unpaired) electrons. The summed E-state index contributed by atoms with van der Waals surface area (Å²) in [6.07, 6.45) is 6.61. The van der Waals surface area contributed by atoms with Gasteiger partial charge in [0.1, 0.15) is 0 Å². The van der Waals surface area contributed by atoms with Crippen LogP contribution in [-0.2, 0) is 4.79 Å². The van der Waals surface area contributed by atoms with Crippen molar-refractivity contribution in [1.82, 2.24) is 10.6 Å². The first-order chi connectivity index (χ1) is 8.65. The minimum absolute atomic E-state index is 0.272. The molecular formula is C15H28N2O. The van der Waals surface area contributed by atoms with E-state index in [9.17, 15) is 4.79 Å². The number of hydrogen-bond acceptors (Lipinski definition) is 2. The van der Waals surface area contributed by atoms with Crippen LogP contribution in [0.15, 0.2) is 0 Å². The van der Waals surface area contributed by atoms with Gasteiger partial charge >= 0.3 is 0 Å². The van der Waals surface area contributed by atoms with Gasteiger partial charge in [0.05, 0.1) is 0 Å². The zero-order valence-corrected chi connectivity index (χ0v) is 11.9. The number of carbonyl (C=O) groups is 1. The van der Waals surface area contributed by atoms with Crippen molar-refractivity contribution >= 4 is 5.91 Å². The topological polar surface area (TPSA) is 41.1 Å². The molecule has 1 saturated carbocycles. The van der Waals surface area contributed by atoms with Crippen LogP contribution in [-0.4, -0.2) is 25.0 Å². The Hall–Kier alpha value is -0.570. The van der Waals surface area contributed by atoms with Gasteiger partial charge in [-0.15, -0.1) is 0 Å². The second-order valence-corrected chi connectivity index (χ2v) is 6.43. The Bertz CT molecular complexity index is 274. The smallest absolute Gasteiger partial charge is 0.220 e. The van der Waals surface area contributed by atoms with Gasteiger partial charge in [0, 0.05) is 12.5 Å². The lowest BCUT2D eigenvalue weighted by molar-refractivity contribution is -0.122. The first-order valence-corrected chi connectivity index (χ1v) is 7.65. The van der Waals surface area contributed by atoms with Gasteiger partial charge in [-0.2, -0.15) is 0 Å². The molecule has 4 unspecified atom stereocenters. The number of nitrogens with one attached hydrogen (secondary N) is 2. The Balaban J connectivity index is 1.64. The Morgan fingerprint density at radius 3 is 2.72 bits per heavy atom. The highest BCUT2D eigenvalue weighted by atomic mass is 16.1. The van der Waals surface area contributed by atoms with Gasteiger partial charge in [-0.1, -0.05) is 13.8 Å². The highest BCUT2D eigenvalue weighted by Gasteiger charge is 2.25. The van der Waals surface area contributed by atoms with Crippen LogP contribution in [0.1, 0.15) is 52.4 Å². The largest absolute Gasteiger partial charge is 0.353 e. The standard InChI is InChI=1S/C15H28N2O/c1-11-3-5-14(9-12(11)2)17-15(18)6-4-13-7-8-16-10-13/h11-14,16H,3-10H2,1-2H3,(H,17,18). The third-order valence-corrected chi connectivity index (χ3v) is 4.91. The fourth-order valence-corrected chi connectivity index (χ4v) is 3.27. The van der Waals surface area contributed by atoms with Crippen molar-refractivity contribution in [1.29, 1.82) is 0 Å². The third kappa shape index (κ3) is 3.98. The molecule has 1 aliphatic carbocycles. The van der Waals surface area contributed by atoms with Gasteiger partial charge in [-0.3, -0.25) is 4.79 Å². The Morgan fingerprint density at radius 1 is 1.22 bits per heavy atom. The zero-order valence-electron chi connectivity index (χ0n) is 11.9. The fraction of sp³-hybridized carbons (Fsp3) is 0.933. The molecule has 1 amide bonds. The van der Waals surface area contributed by atoms with E-state index in [1.54, 1.807) is 0 Å². The zero-order chi connectivity index (χ0) is 13.0. The average molecular weight is 252 g/mol. The van der Waals surface area contributed by atoms with E-state index >= 15 is 0 Å². The van der Waals surface area contributed by atoms with Crippen molar-refractivity contribution in [3.05, 3.63) is 0 Å². The summed E-state index contributed by atoms with van der Waals surface area (Å²) < 4.78 is 0. The van der Waals surface area contributed by atoms with E-state index in [0.29, 0.717) is 12.5 Å². The molecule has 4 atom stereocenters. The second-order valence-electron chi connectivity index (χ2n) is 6.43. The van der Waals surface area contributed by atoms with Crippen molar-refractivity contribution in [2.24, 2.45) is 17.8 Å². The predicted molar refractivity (Wildman–Crippen MR) is 74.3 cm³/mol. The molecule has 1 heterocycles. The molecule has 2 N–H and O–H groups in total. The van der Waals surface area contributed by atoms with E-state index in [4.69, 9.17) is 0 Å². The third-order valence-electron chi connectivity index (χ3n) is 4.91. The summed E-state index contributed by atoms with van der Waals surface area (Å²) in [7, 11) is 0. The van der Waals surface area contributed by atoms with Gasteiger partial charge in [-0.25, -0.2) is 0 Å². The minimum Gasteiger partial charge on any atom is -0.353 e. The van der Waals surface area contributed by atoms with E-state index < -0.39 is 0 Å². The maximum absolute atomic E-state index is 11.9. The molecule has 1 aliphatic heterocycles. The molecule has 18 heavy (non-hydrogen) atoms. The molecule has 3 nitrogen and oxygen atoms in total. The molecule has 2 aliphatic rings. The van der Waals surface area contributed by atoms with Crippen LogP contribution in [0.5, 0.6) is 0 Å². The van der Waals surface area contributed by atoms with Crippen molar-refractivity contribution in [3.63, 3.8) is 0 Å². The first-order valence-electron chi connectivity index (χ1n) is 7.65. The summed E-state index contributed by atoms with van der Waals surface area (Å²) in [5.41, 5.74) is 0. The van der Waals surface area contributed by atoms with Crippen molar-refractivity contribution in [2.45, 2.75) is 58.4 Å². The molecule has 2 fully saturated rings. The van der Waals surface area contributed by atoms with Crippen LogP contribution >= 0.6 is 0 Å². The van der Waals surface area contributed by atoms with E-state index in [1.807, 2.05) is 0 Å². The predicted octanol–water partition coefficient (Wildman–Crippen LogP) is 2.32. The first kappa shape index (κ1) is 13.9. The van der Waals surface area contributed by atoms with E-state index in [1.165, 1.54) is 19.3 Å². The van der Waals surface area contributed by atoms with E-state index in [0.717, 1.165) is 43.7 Å². The number of carbonyl (C=O) groups excluding carboxylic acids is 1. The Kier molecular flexibility index (Phi) is 5.04. The van der Waals surface area contributed by atoms with E-state index in [2.05, 4.69) is 24.5 Å². The lowest BCUT2D eigenvalue weighted by Gasteiger charge is -2.32. The van der Waals surface area contributed by atoms with Crippen molar-refractivity contribution in [2.75, 3.05) is 13.1 Å². The monoisotopic (exact) mass is 252 g/mol. The molecule has 0 aromatic carbocycles. The molecule has 0 spiro atoms. The van der Waals surface area contributed by atoms with Crippen molar-refractivity contribution in [3.8, 4) is 0 Å². The average Bonchev–Trinajstić information content (AvgIpc) is 2.84. The normalized spacial score (nSPS) is 36.6. The quantitative estimate of drug-likeness (QED) is 0.806. The summed E-state index contributed by atoms with van der Waals surface area (Å²) in [5, 5.41) is 6.59. The highest BCUT2D eigenvalue weighted by Crippen LogP contribution is 2.29. The number of amides is 1. The summed E-state index contributed by atoms with van der Waals surface area (Å²) in [6, 6.07) is 0.436. The summed E-state index contributed by atoms with van der Waals surface area (Å²) in [6.45, 7) is 6.87. The van der Waals surface area contributed by atoms with Crippen LogP contribution in [0.25, 0.3) is 0 Å². The van der Waals surface area contributed by atoms with Gasteiger partial charge in [0.15, 0.2) is 0 Å². The van der Waals surface area contributed by atoms with Crippen LogP contribution < -0.4 is 10.6 Å². The lowest BCUT2D eigenvalue weighted by atomic mass is 9.79. The Morgan fingerprint density at radius 2 is 2.06 bits per heavy atom. The van der Waals surface area contributed by atoms with Gasteiger partial charge in [0.25, 0.3) is 0 Å². The minimum atomic E-state index is 0.272. The molecular weight excluding hydrogens is 224 g/mol. The molecule has 104 valence electrons. The van der Waals surface area contributed by atoms with Crippen LogP contribution in [0.2, 0.25) is 0 Å². The summed E-state index contributed by atoms with van der Waals surface area (Å²) in [5.74, 6) is 2.57. The molecule has 0 aromatic rings. The molecule has 3 heteroatoms. The second kappa shape index (κ2) is 6.55.